The van der Waals surface area contributed by atoms with Crippen molar-refractivity contribution in [1.82, 2.24) is 5.32 Å². The minimum Gasteiger partial charge on any atom is -0.549 e. The van der Waals surface area contributed by atoms with Crippen LogP contribution in [0.4, 0.5) is 0 Å². The maximum atomic E-state index is 11.2. The zero-order valence-electron chi connectivity index (χ0n) is 20.6. The van der Waals surface area contributed by atoms with E-state index in [1.165, 1.54) is 0 Å². The number of nitrogens with one attached hydrogen (secondary N) is 1. The number of amides is 1. The standard InChI is InChI=1S/C17H15ClO4.C10H12ClNO2.Na/c1-10-2-4-11(5-3-10)22-16-9-15-13(8-14(16)18)12(17(19)20)6-7-21-15;11-9-3-1-8(2-4-9)5-10(6-13)12-7-14;/h2-5,8-9,12H,6-7H2,1H3,(H,19,20);1-4,7,10,13H,5-6H2,(H,12,14);/q;;+1/p-1. The summed E-state index contributed by atoms with van der Waals surface area (Å²) in [5, 5.41) is 23.7. The van der Waals surface area contributed by atoms with Crippen molar-refractivity contribution in [3.8, 4) is 17.2 Å². The van der Waals surface area contributed by atoms with Crippen LogP contribution < -0.4 is 49.5 Å². The van der Waals surface area contributed by atoms with E-state index in [1.54, 1.807) is 24.3 Å². The van der Waals surface area contributed by atoms with Crippen LogP contribution in [0.3, 0.4) is 0 Å². The third-order valence-corrected chi connectivity index (χ3v) is 6.10. The minimum atomic E-state index is -1.12. The second-order valence-electron chi connectivity index (χ2n) is 8.24. The molecule has 190 valence electrons. The van der Waals surface area contributed by atoms with Crippen molar-refractivity contribution in [2.45, 2.75) is 31.7 Å². The van der Waals surface area contributed by atoms with E-state index in [4.69, 9.17) is 37.8 Å². The van der Waals surface area contributed by atoms with Crippen LogP contribution in [-0.2, 0) is 16.0 Å². The Kier molecular flexibility index (Phi) is 12.7. The Morgan fingerprint density at radius 3 is 2.46 bits per heavy atom. The maximum absolute atomic E-state index is 11.2. The molecule has 3 aromatic rings. The van der Waals surface area contributed by atoms with E-state index in [0.29, 0.717) is 58.7 Å². The summed E-state index contributed by atoms with van der Waals surface area (Å²) in [6, 6.07) is 17.9. The normalized spacial score (nSPS) is 14.4. The number of aryl methyl sites for hydroxylation is 1. The molecule has 1 aliphatic rings. The van der Waals surface area contributed by atoms with E-state index >= 15 is 0 Å². The van der Waals surface area contributed by atoms with Gasteiger partial charge in [0.05, 0.1) is 24.3 Å². The Bertz CT molecular complexity index is 1170. The quantitative estimate of drug-likeness (QED) is 0.319. The molecule has 1 amide bonds. The van der Waals surface area contributed by atoms with E-state index in [-0.39, 0.29) is 42.2 Å². The molecule has 0 saturated carbocycles. The molecule has 2 atom stereocenters. The molecule has 10 heteroatoms. The monoisotopic (exact) mass is 553 g/mol. The number of carbonyl (C=O) groups excluding carboxylic acids is 2. The van der Waals surface area contributed by atoms with Crippen LogP contribution in [0.25, 0.3) is 0 Å². The molecule has 0 fully saturated rings. The number of hydrogen-bond donors (Lipinski definition) is 2. The number of rotatable bonds is 8. The Morgan fingerprint density at radius 1 is 1.19 bits per heavy atom. The molecule has 7 nitrogen and oxygen atoms in total. The number of carboxylic acid groups (broad SMARTS) is 1. The zero-order valence-corrected chi connectivity index (χ0v) is 24.1. The van der Waals surface area contributed by atoms with Gasteiger partial charge in [0.2, 0.25) is 6.41 Å². The second-order valence-corrected chi connectivity index (χ2v) is 9.08. The summed E-state index contributed by atoms with van der Waals surface area (Å²) >= 11 is 11.9. The van der Waals surface area contributed by atoms with Crippen molar-refractivity contribution in [3.05, 3.63) is 87.4 Å². The van der Waals surface area contributed by atoms with Gasteiger partial charge < -0.3 is 29.8 Å². The van der Waals surface area contributed by atoms with E-state index < -0.39 is 11.9 Å². The first-order chi connectivity index (χ1) is 17.3. The topological polar surface area (TPSA) is 108 Å². The summed E-state index contributed by atoms with van der Waals surface area (Å²) in [6.45, 7) is 2.25. The zero-order chi connectivity index (χ0) is 26.1. The van der Waals surface area contributed by atoms with Crippen LogP contribution in [-0.4, -0.2) is 36.7 Å². The summed E-state index contributed by atoms with van der Waals surface area (Å²) in [5.74, 6) is -0.252. The summed E-state index contributed by atoms with van der Waals surface area (Å²) in [6.07, 6.45) is 1.58. The van der Waals surface area contributed by atoms with Gasteiger partial charge in [-0.25, -0.2) is 0 Å². The number of aliphatic hydroxyl groups is 1. The second kappa shape index (κ2) is 15.2. The average molecular weight is 554 g/mol. The van der Waals surface area contributed by atoms with Crippen molar-refractivity contribution in [1.29, 1.82) is 0 Å². The molecule has 1 heterocycles. The largest absolute Gasteiger partial charge is 1.00 e. The van der Waals surface area contributed by atoms with E-state index in [1.807, 2.05) is 43.3 Å². The number of benzene rings is 3. The first kappa shape index (κ1) is 31.0. The van der Waals surface area contributed by atoms with Crippen molar-refractivity contribution >= 4 is 35.6 Å². The number of halogens is 2. The molecule has 0 spiro atoms. The first-order valence-corrected chi connectivity index (χ1v) is 12.0. The van der Waals surface area contributed by atoms with Gasteiger partial charge in [0.1, 0.15) is 17.2 Å². The molecule has 37 heavy (non-hydrogen) atoms. The molecule has 0 saturated heterocycles. The van der Waals surface area contributed by atoms with Gasteiger partial charge in [-0.3, -0.25) is 4.79 Å². The smallest absolute Gasteiger partial charge is 0.549 e. The number of ether oxygens (including phenoxy) is 2. The van der Waals surface area contributed by atoms with Gasteiger partial charge in [0.25, 0.3) is 0 Å². The number of aliphatic hydroxyl groups excluding tert-OH is 1. The van der Waals surface area contributed by atoms with Crippen LogP contribution in [0.15, 0.2) is 60.7 Å². The third-order valence-electron chi connectivity index (χ3n) is 5.56. The predicted octanol–water partition coefficient (Wildman–Crippen LogP) is 1.05. The average Bonchev–Trinajstić information content (AvgIpc) is 2.87. The van der Waals surface area contributed by atoms with Gasteiger partial charge in [0, 0.05) is 28.5 Å². The molecular formula is C27H26Cl2NNaO6. The van der Waals surface area contributed by atoms with Gasteiger partial charge in [-0.2, -0.15) is 0 Å². The van der Waals surface area contributed by atoms with Crippen LogP contribution in [0.1, 0.15) is 29.0 Å². The molecule has 2 unspecified atom stereocenters. The number of aliphatic carboxylic acids is 1. The fraction of sp³-hybridized carbons (Fsp3) is 0.259. The summed E-state index contributed by atoms with van der Waals surface area (Å²) in [7, 11) is 0. The van der Waals surface area contributed by atoms with Gasteiger partial charge in [0.15, 0.2) is 0 Å². The van der Waals surface area contributed by atoms with E-state index in [9.17, 15) is 14.7 Å². The van der Waals surface area contributed by atoms with Crippen LogP contribution in [0.2, 0.25) is 10.0 Å². The van der Waals surface area contributed by atoms with Gasteiger partial charge in [-0.1, -0.05) is 53.0 Å². The summed E-state index contributed by atoms with van der Waals surface area (Å²) in [5.41, 5.74) is 2.69. The molecule has 2 N–H and O–H groups in total. The van der Waals surface area contributed by atoms with Crippen molar-refractivity contribution in [3.63, 3.8) is 0 Å². The Balaban J connectivity index is 0.000000280. The molecule has 0 aliphatic carbocycles. The van der Waals surface area contributed by atoms with Gasteiger partial charge >= 0.3 is 29.6 Å². The van der Waals surface area contributed by atoms with Crippen LogP contribution in [0, 0.1) is 6.92 Å². The Hall–Kier alpha value is -2.26. The molecule has 0 bridgehead atoms. The first-order valence-electron chi connectivity index (χ1n) is 11.3. The fourth-order valence-electron chi connectivity index (χ4n) is 3.62. The van der Waals surface area contributed by atoms with Crippen molar-refractivity contribution in [2.75, 3.05) is 13.2 Å². The number of carboxylic acids is 1. The molecule has 0 aromatic heterocycles. The van der Waals surface area contributed by atoms with Gasteiger partial charge in [-0.15, -0.1) is 0 Å². The van der Waals surface area contributed by atoms with Crippen molar-refractivity contribution < 1.29 is 58.8 Å². The van der Waals surface area contributed by atoms with Crippen LogP contribution >= 0.6 is 23.2 Å². The number of carbonyl (C=O) groups is 2. The molecule has 3 aromatic carbocycles. The van der Waals surface area contributed by atoms with Crippen LogP contribution in [0.5, 0.6) is 17.2 Å². The SMILES string of the molecule is Cc1ccc(Oc2cc3c(cc2Cl)C(C(=O)[O-])CCO3)cc1.O=CNC(CO)Cc1ccc(Cl)cc1.[Na+]. The predicted molar refractivity (Wildman–Crippen MR) is 136 cm³/mol. The van der Waals surface area contributed by atoms with E-state index in [2.05, 4.69) is 5.32 Å². The summed E-state index contributed by atoms with van der Waals surface area (Å²) in [4.78, 5) is 21.4. The fourth-order valence-corrected chi connectivity index (χ4v) is 3.96. The molecule has 0 radical (unpaired) electrons. The Labute approximate surface area is 248 Å². The summed E-state index contributed by atoms with van der Waals surface area (Å²) < 4.78 is 11.3. The number of fused-ring (bicyclic) bond motifs is 1. The molecule has 1 aliphatic heterocycles. The molecule has 4 rings (SSSR count). The third kappa shape index (κ3) is 9.21. The van der Waals surface area contributed by atoms with Gasteiger partial charge in [-0.05, 0) is 55.7 Å². The van der Waals surface area contributed by atoms with Crippen molar-refractivity contribution in [2.24, 2.45) is 0 Å². The Morgan fingerprint density at radius 2 is 1.86 bits per heavy atom. The maximum Gasteiger partial charge on any atom is 1.00 e. The number of hydrogen-bond acceptors (Lipinski definition) is 6. The van der Waals surface area contributed by atoms with E-state index in [0.717, 1.165) is 11.1 Å². The minimum absolute atomic E-state index is 0. The molecular weight excluding hydrogens is 528 g/mol.